The van der Waals surface area contributed by atoms with Gasteiger partial charge in [-0.05, 0) is 12.0 Å². The van der Waals surface area contributed by atoms with E-state index in [4.69, 9.17) is 15.7 Å². The molecule has 0 spiro atoms. The van der Waals surface area contributed by atoms with Crippen molar-refractivity contribution in [2.75, 3.05) is 6.61 Å². The highest BCUT2D eigenvalue weighted by atomic mass is 16.5. The third kappa shape index (κ3) is 5.69. The molecule has 90 valence electrons. The predicted octanol–water partition coefficient (Wildman–Crippen LogP) is 1.61. The Morgan fingerprint density at radius 3 is 2.71 bits per heavy atom. The molecule has 4 heteroatoms. The number of nitrogens with zero attached hydrogens (tertiary/aromatic N) is 1. The number of ether oxygens (including phenoxy) is 1. The number of nitrogens with two attached hydrogens (primary N) is 1. The maximum Gasteiger partial charge on any atom is 0.217 e. The summed E-state index contributed by atoms with van der Waals surface area (Å²) in [4.78, 5) is 10.6. The molecule has 0 aliphatic heterocycles. The molecular formula is C13H16N2O2. The van der Waals surface area contributed by atoms with E-state index in [0.717, 1.165) is 5.56 Å². The SMILES string of the molecule is N#CC(CCC(N)=O)COCc1ccccc1. The molecule has 0 heterocycles. The minimum Gasteiger partial charge on any atom is -0.375 e. The standard InChI is InChI=1S/C13H16N2O2/c14-8-12(6-7-13(15)16)10-17-9-11-4-2-1-3-5-11/h1-5,12H,6-7,9-10H2,(H2,15,16). The van der Waals surface area contributed by atoms with Gasteiger partial charge in [0.1, 0.15) is 0 Å². The van der Waals surface area contributed by atoms with Crippen LogP contribution in [0.2, 0.25) is 0 Å². The summed E-state index contributed by atoms with van der Waals surface area (Å²) in [5.74, 6) is -0.653. The Balaban J connectivity index is 2.24. The number of rotatable bonds is 7. The van der Waals surface area contributed by atoms with Crippen LogP contribution < -0.4 is 5.73 Å². The molecular weight excluding hydrogens is 216 g/mol. The summed E-state index contributed by atoms with van der Waals surface area (Å²) in [7, 11) is 0. The number of hydrogen-bond donors (Lipinski definition) is 1. The summed E-state index contributed by atoms with van der Waals surface area (Å²) >= 11 is 0. The van der Waals surface area contributed by atoms with Crippen LogP contribution in [0.5, 0.6) is 0 Å². The van der Waals surface area contributed by atoms with Crippen molar-refractivity contribution in [1.82, 2.24) is 0 Å². The second kappa shape index (κ2) is 7.42. The molecule has 0 fully saturated rings. The van der Waals surface area contributed by atoms with Gasteiger partial charge in [0.05, 0.1) is 25.2 Å². The monoisotopic (exact) mass is 232 g/mol. The first-order chi connectivity index (χ1) is 8.22. The largest absolute Gasteiger partial charge is 0.375 e. The maximum absolute atomic E-state index is 10.6. The van der Waals surface area contributed by atoms with E-state index in [1.165, 1.54) is 0 Å². The first-order valence-corrected chi connectivity index (χ1v) is 5.52. The Morgan fingerprint density at radius 2 is 2.12 bits per heavy atom. The average Bonchev–Trinajstić information content (AvgIpc) is 2.34. The van der Waals surface area contributed by atoms with Crippen LogP contribution in [-0.4, -0.2) is 12.5 Å². The molecule has 0 aromatic heterocycles. The maximum atomic E-state index is 10.6. The van der Waals surface area contributed by atoms with E-state index in [2.05, 4.69) is 6.07 Å². The second-order valence-corrected chi connectivity index (χ2v) is 3.83. The normalized spacial score (nSPS) is 11.7. The summed E-state index contributed by atoms with van der Waals surface area (Å²) in [6.07, 6.45) is 0.688. The van der Waals surface area contributed by atoms with Crippen molar-refractivity contribution in [3.63, 3.8) is 0 Å². The molecule has 1 aromatic carbocycles. The van der Waals surface area contributed by atoms with E-state index in [1.807, 2.05) is 30.3 Å². The number of amides is 1. The van der Waals surface area contributed by atoms with Crippen molar-refractivity contribution in [3.05, 3.63) is 35.9 Å². The first kappa shape index (κ1) is 13.2. The van der Waals surface area contributed by atoms with Gasteiger partial charge in [0, 0.05) is 6.42 Å². The molecule has 1 rings (SSSR count). The third-order valence-electron chi connectivity index (χ3n) is 2.35. The summed E-state index contributed by atoms with van der Waals surface area (Å²) < 4.78 is 5.43. The fourth-order valence-electron chi connectivity index (χ4n) is 1.39. The molecule has 17 heavy (non-hydrogen) atoms. The lowest BCUT2D eigenvalue weighted by atomic mass is 10.1. The minimum atomic E-state index is -0.381. The second-order valence-electron chi connectivity index (χ2n) is 3.83. The zero-order valence-electron chi connectivity index (χ0n) is 9.63. The molecule has 0 bridgehead atoms. The van der Waals surface area contributed by atoms with Gasteiger partial charge in [0.2, 0.25) is 5.91 Å². The highest BCUT2D eigenvalue weighted by Crippen LogP contribution is 2.08. The average molecular weight is 232 g/mol. The van der Waals surface area contributed by atoms with E-state index in [0.29, 0.717) is 19.6 Å². The number of carbonyl (C=O) groups is 1. The number of benzene rings is 1. The van der Waals surface area contributed by atoms with Gasteiger partial charge in [-0.3, -0.25) is 4.79 Å². The highest BCUT2D eigenvalue weighted by molar-refractivity contribution is 5.73. The Bertz CT molecular complexity index is 384. The van der Waals surface area contributed by atoms with Crippen LogP contribution in [-0.2, 0) is 16.1 Å². The smallest absolute Gasteiger partial charge is 0.217 e. The number of carbonyl (C=O) groups excluding carboxylic acids is 1. The highest BCUT2D eigenvalue weighted by Gasteiger charge is 2.09. The lowest BCUT2D eigenvalue weighted by Gasteiger charge is -2.08. The van der Waals surface area contributed by atoms with Crippen molar-refractivity contribution >= 4 is 5.91 Å². The number of primary amides is 1. The third-order valence-corrected chi connectivity index (χ3v) is 2.35. The van der Waals surface area contributed by atoms with Gasteiger partial charge in [-0.2, -0.15) is 5.26 Å². The molecule has 0 aliphatic rings. The van der Waals surface area contributed by atoms with Crippen LogP contribution in [0.15, 0.2) is 30.3 Å². The van der Waals surface area contributed by atoms with Crippen molar-refractivity contribution in [3.8, 4) is 6.07 Å². The zero-order chi connectivity index (χ0) is 12.5. The topological polar surface area (TPSA) is 76.1 Å². The molecule has 1 aromatic rings. The summed E-state index contributed by atoms with van der Waals surface area (Å²) in [6, 6.07) is 11.9. The molecule has 0 aliphatic carbocycles. The Kier molecular flexibility index (Phi) is 5.76. The first-order valence-electron chi connectivity index (χ1n) is 5.52. The molecule has 1 amide bonds. The predicted molar refractivity (Wildman–Crippen MR) is 63.6 cm³/mol. The molecule has 0 saturated heterocycles. The van der Waals surface area contributed by atoms with Gasteiger partial charge >= 0.3 is 0 Å². The molecule has 1 atom stereocenters. The van der Waals surface area contributed by atoms with Gasteiger partial charge in [-0.15, -0.1) is 0 Å². The van der Waals surface area contributed by atoms with E-state index in [-0.39, 0.29) is 18.2 Å². The number of hydrogen-bond acceptors (Lipinski definition) is 3. The summed E-state index contributed by atoms with van der Waals surface area (Å²) in [5.41, 5.74) is 6.09. The molecule has 4 nitrogen and oxygen atoms in total. The van der Waals surface area contributed by atoms with Crippen LogP contribution >= 0.6 is 0 Å². The Hall–Kier alpha value is -1.86. The molecule has 0 radical (unpaired) electrons. The van der Waals surface area contributed by atoms with Gasteiger partial charge in [0.25, 0.3) is 0 Å². The van der Waals surface area contributed by atoms with E-state index in [9.17, 15) is 4.79 Å². The van der Waals surface area contributed by atoms with Crippen LogP contribution in [0, 0.1) is 17.2 Å². The lowest BCUT2D eigenvalue weighted by molar-refractivity contribution is -0.118. The minimum absolute atomic E-state index is 0.229. The van der Waals surface area contributed by atoms with Gasteiger partial charge in [-0.25, -0.2) is 0 Å². The number of nitriles is 1. The Morgan fingerprint density at radius 1 is 1.41 bits per heavy atom. The fraction of sp³-hybridized carbons (Fsp3) is 0.385. The molecule has 2 N–H and O–H groups in total. The van der Waals surface area contributed by atoms with Crippen molar-refractivity contribution < 1.29 is 9.53 Å². The van der Waals surface area contributed by atoms with Crippen molar-refractivity contribution in [2.24, 2.45) is 11.7 Å². The van der Waals surface area contributed by atoms with E-state index in [1.54, 1.807) is 0 Å². The fourth-order valence-corrected chi connectivity index (χ4v) is 1.39. The molecule has 0 saturated carbocycles. The van der Waals surface area contributed by atoms with Crippen LogP contribution in [0.3, 0.4) is 0 Å². The zero-order valence-corrected chi connectivity index (χ0v) is 9.63. The van der Waals surface area contributed by atoms with E-state index >= 15 is 0 Å². The van der Waals surface area contributed by atoms with Gasteiger partial charge in [0.15, 0.2) is 0 Å². The van der Waals surface area contributed by atoms with Crippen LogP contribution in [0.25, 0.3) is 0 Å². The molecule has 1 unspecified atom stereocenters. The van der Waals surface area contributed by atoms with Gasteiger partial charge in [-0.1, -0.05) is 30.3 Å². The van der Waals surface area contributed by atoms with Crippen molar-refractivity contribution in [1.29, 1.82) is 5.26 Å². The van der Waals surface area contributed by atoms with Crippen LogP contribution in [0.4, 0.5) is 0 Å². The lowest BCUT2D eigenvalue weighted by Crippen LogP contribution is -2.15. The van der Waals surface area contributed by atoms with Crippen LogP contribution in [0.1, 0.15) is 18.4 Å². The summed E-state index contributed by atoms with van der Waals surface area (Å²) in [5, 5.41) is 8.85. The van der Waals surface area contributed by atoms with Crippen molar-refractivity contribution in [2.45, 2.75) is 19.4 Å². The van der Waals surface area contributed by atoms with Gasteiger partial charge < -0.3 is 10.5 Å². The van der Waals surface area contributed by atoms with E-state index < -0.39 is 0 Å². The Labute approximate surface area is 101 Å². The summed E-state index contributed by atoms with van der Waals surface area (Å²) in [6.45, 7) is 0.814. The quantitative estimate of drug-likeness (QED) is 0.775.